The molecule has 0 fully saturated rings. The number of hydrogen-bond acceptors (Lipinski definition) is 0. The largest absolute Gasteiger partial charge is 0.123 e. The summed E-state index contributed by atoms with van der Waals surface area (Å²) in [4.78, 5) is 0. The van der Waals surface area contributed by atoms with Crippen molar-refractivity contribution in [2.45, 2.75) is 13.8 Å². The van der Waals surface area contributed by atoms with E-state index in [0.29, 0.717) is 0 Å². The molecule has 0 bridgehead atoms. The van der Waals surface area contributed by atoms with Gasteiger partial charge < -0.3 is 0 Å². The maximum absolute atomic E-state index is 2.23. The molecule has 0 aliphatic rings. The van der Waals surface area contributed by atoms with Gasteiger partial charge in [-0.05, 0) is 35.2 Å². The lowest BCUT2D eigenvalue weighted by Crippen LogP contribution is -1.71. The van der Waals surface area contributed by atoms with E-state index in [9.17, 15) is 0 Å². The fourth-order valence-corrected chi connectivity index (χ4v) is 3.25. The highest BCUT2D eigenvalue weighted by Crippen LogP contribution is 2.36. The van der Waals surface area contributed by atoms with Gasteiger partial charge in [-0.15, -0.1) is 8.19 Å². The highest BCUT2D eigenvalue weighted by Gasteiger charge is 2.04. The zero-order valence-electron chi connectivity index (χ0n) is 9.12. The number of benzene rings is 1. The molecule has 0 amide bonds. The molecule has 0 aliphatic heterocycles. The third kappa shape index (κ3) is 1.91. The second kappa shape index (κ2) is 4.51. The molecule has 1 atom stereocenters. The van der Waals surface area contributed by atoms with Crippen LogP contribution in [-0.4, -0.2) is 0 Å². The highest BCUT2D eigenvalue weighted by molar-refractivity contribution is 7.39. The van der Waals surface area contributed by atoms with Crippen molar-refractivity contribution in [3.05, 3.63) is 47.3 Å². The Labute approximate surface area is 92.4 Å². The summed E-state index contributed by atoms with van der Waals surface area (Å²) >= 11 is 0. The molecule has 0 N–H and O–H groups in total. The smallest absolute Gasteiger partial charge is 0.000604 e. The Kier molecular flexibility index (Phi) is 3.08. The van der Waals surface area contributed by atoms with Crippen LogP contribution in [0.25, 0.3) is 22.7 Å². The highest BCUT2D eigenvalue weighted by atomic mass is 31.0. The first kappa shape index (κ1) is 10.3. The fourth-order valence-electron chi connectivity index (χ4n) is 1.83. The second-order valence-corrected chi connectivity index (χ2v) is 4.83. The van der Waals surface area contributed by atoms with Crippen molar-refractivity contribution in [2.24, 2.45) is 0 Å². The standard InChI is InChI=1S/C14H15P/c1-3-7-11-12-9-5-6-10-14(12)15-13(11)8-4-2/h3-10,15H,1-2H3/b7-3-,8-4-. The van der Waals surface area contributed by atoms with Crippen LogP contribution in [0.2, 0.25) is 0 Å². The molecule has 0 saturated carbocycles. The molecule has 76 valence electrons. The number of allylic oxidation sites excluding steroid dienone is 2. The van der Waals surface area contributed by atoms with Gasteiger partial charge in [-0.3, -0.25) is 0 Å². The van der Waals surface area contributed by atoms with Gasteiger partial charge in [0.15, 0.2) is 0 Å². The molecule has 15 heavy (non-hydrogen) atoms. The topological polar surface area (TPSA) is 0 Å². The number of rotatable bonds is 2. The van der Waals surface area contributed by atoms with Gasteiger partial charge in [-0.25, -0.2) is 0 Å². The third-order valence-electron chi connectivity index (χ3n) is 2.44. The van der Waals surface area contributed by atoms with E-state index >= 15 is 0 Å². The van der Waals surface area contributed by atoms with Crippen molar-refractivity contribution >= 4 is 30.8 Å². The van der Waals surface area contributed by atoms with Gasteiger partial charge in [0, 0.05) is 0 Å². The monoisotopic (exact) mass is 214 g/mol. The normalized spacial score (nSPS) is 12.7. The average Bonchev–Trinajstić information content (AvgIpc) is 2.59. The molecule has 0 aliphatic carbocycles. The maximum atomic E-state index is 2.23. The lowest BCUT2D eigenvalue weighted by Gasteiger charge is -1.93. The van der Waals surface area contributed by atoms with Crippen LogP contribution in [0.5, 0.6) is 0 Å². The molecule has 0 saturated heterocycles. The summed E-state index contributed by atoms with van der Waals surface area (Å²) in [5.41, 5.74) is 1.39. The van der Waals surface area contributed by atoms with Crippen molar-refractivity contribution in [1.29, 1.82) is 0 Å². The first-order valence-electron chi connectivity index (χ1n) is 5.23. The second-order valence-electron chi connectivity index (χ2n) is 3.50. The zero-order chi connectivity index (χ0) is 10.7. The van der Waals surface area contributed by atoms with Crippen molar-refractivity contribution in [3.63, 3.8) is 0 Å². The van der Waals surface area contributed by atoms with Gasteiger partial charge in [0.2, 0.25) is 0 Å². The number of hydrogen-bond donors (Lipinski definition) is 0. The molecule has 2 aromatic rings. The Morgan fingerprint density at radius 2 is 1.73 bits per heavy atom. The molecule has 0 nitrogen and oxygen atoms in total. The molecule has 1 unspecified atom stereocenters. The summed E-state index contributed by atoms with van der Waals surface area (Å²) in [6, 6.07) is 8.69. The van der Waals surface area contributed by atoms with Gasteiger partial charge in [0.25, 0.3) is 0 Å². The van der Waals surface area contributed by atoms with Crippen molar-refractivity contribution in [3.8, 4) is 0 Å². The van der Waals surface area contributed by atoms with Crippen LogP contribution in [0.1, 0.15) is 24.7 Å². The van der Waals surface area contributed by atoms with Crippen LogP contribution in [-0.2, 0) is 0 Å². The Morgan fingerprint density at radius 1 is 1.00 bits per heavy atom. The minimum Gasteiger partial charge on any atom is -0.123 e. The van der Waals surface area contributed by atoms with E-state index in [1.807, 2.05) is 0 Å². The van der Waals surface area contributed by atoms with Gasteiger partial charge in [0.1, 0.15) is 0 Å². The van der Waals surface area contributed by atoms with E-state index in [1.54, 1.807) is 0 Å². The van der Waals surface area contributed by atoms with Gasteiger partial charge in [-0.1, -0.05) is 48.6 Å². The lowest BCUT2D eigenvalue weighted by molar-refractivity contribution is 1.74. The van der Waals surface area contributed by atoms with Crippen LogP contribution in [0, 0.1) is 0 Å². The molecule has 1 heterocycles. The molecule has 0 radical (unpaired) electrons. The summed E-state index contributed by atoms with van der Waals surface area (Å²) in [6.07, 6.45) is 8.69. The van der Waals surface area contributed by atoms with Gasteiger partial charge >= 0.3 is 0 Å². The minimum absolute atomic E-state index is 0.809. The molecule has 1 aromatic heterocycles. The van der Waals surface area contributed by atoms with Crippen LogP contribution in [0.4, 0.5) is 0 Å². The summed E-state index contributed by atoms with van der Waals surface area (Å²) in [6.45, 7) is 4.15. The van der Waals surface area contributed by atoms with Gasteiger partial charge in [0.05, 0.1) is 0 Å². The molecular formula is C14H15P. The minimum atomic E-state index is 0.809. The predicted octanol–water partition coefficient (Wildman–Crippen LogP) is 4.94. The summed E-state index contributed by atoms with van der Waals surface area (Å²) in [5, 5.41) is 4.33. The van der Waals surface area contributed by atoms with Crippen LogP contribution in [0.3, 0.4) is 0 Å². The Bertz CT molecular complexity index is 515. The first-order valence-corrected chi connectivity index (χ1v) is 6.23. The van der Waals surface area contributed by atoms with E-state index < -0.39 is 0 Å². The van der Waals surface area contributed by atoms with E-state index in [0.717, 1.165) is 8.19 Å². The van der Waals surface area contributed by atoms with Crippen LogP contribution in [0.15, 0.2) is 36.4 Å². The van der Waals surface area contributed by atoms with E-state index in [-0.39, 0.29) is 0 Å². The predicted molar refractivity (Wildman–Crippen MR) is 72.9 cm³/mol. The van der Waals surface area contributed by atoms with E-state index in [4.69, 9.17) is 0 Å². The Hall–Kier alpha value is -1.26. The molecule has 1 aromatic carbocycles. The van der Waals surface area contributed by atoms with Gasteiger partial charge in [-0.2, -0.15) is 0 Å². The van der Waals surface area contributed by atoms with Crippen molar-refractivity contribution in [2.75, 3.05) is 0 Å². The molecule has 1 heteroatoms. The number of fused-ring (bicyclic) bond motifs is 1. The fraction of sp³-hybridized carbons (Fsp3) is 0.143. The Morgan fingerprint density at radius 3 is 2.47 bits per heavy atom. The van der Waals surface area contributed by atoms with Crippen molar-refractivity contribution in [1.82, 2.24) is 0 Å². The maximum Gasteiger partial charge on any atom is -0.000604 e. The summed E-state index contributed by atoms with van der Waals surface area (Å²) in [5.74, 6) is 0. The molecule has 2 rings (SSSR count). The van der Waals surface area contributed by atoms with Crippen LogP contribution < -0.4 is 0 Å². The van der Waals surface area contributed by atoms with E-state index in [2.05, 4.69) is 62.4 Å². The SMILES string of the molecule is C/C=C\c1[pH]c2ccccc2c1/C=C\C. The van der Waals surface area contributed by atoms with Crippen molar-refractivity contribution < 1.29 is 0 Å². The third-order valence-corrected chi connectivity index (χ3v) is 3.85. The Balaban J connectivity index is 2.74. The molecule has 0 spiro atoms. The molecular weight excluding hydrogens is 199 g/mol. The van der Waals surface area contributed by atoms with Crippen LogP contribution >= 0.6 is 8.19 Å². The summed E-state index contributed by atoms with van der Waals surface area (Å²) in [7, 11) is 0.809. The quantitative estimate of drug-likeness (QED) is 0.664. The van der Waals surface area contributed by atoms with E-state index in [1.165, 1.54) is 21.4 Å². The zero-order valence-corrected chi connectivity index (χ0v) is 10.1. The average molecular weight is 214 g/mol. The lowest BCUT2D eigenvalue weighted by atomic mass is 10.1. The first-order chi connectivity index (χ1) is 7.36. The summed E-state index contributed by atoms with van der Waals surface area (Å²) < 4.78 is 0.